The van der Waals surface area contributed by atoms with Gasteiger partial charge in [-0.05, 0) is 0 Å². The molecule has 0 spiro atoms. The van der Waals surface area contributed by atoms with Gasteiger partial charge in [0.1, 0.15) is 24.5 Å². The lowest BCUT2D eigenvalue weighted by Gasteiger charge is -2.35. The molecule has 16 heavy (non-hydrogen) atoms. The molecule has 0 aromatic heterocycles. The van der Waals surface area contributed by atoms with Crippen molar-refractivity contribution in [1.29, 1.82) is 0 Å². The smallest absolute Gasteiger partial charge is 0.266 e. The lowest BCUT2D eigenvalue weighted by Crippen LogP contribution is -2.58. The molecule has 1 aliphatic heterocycles. The first kappa shape index (κ1) is 13.8. The Morgan fingerprint density at radius 1 is 1.25 bits per heavy atom. The number of aliphatic hydroxyl groups is 3. The van der Waals surface area contributed by atoms with Gasteiger partial charge in [-0.2, -0.15) is 8.42 Å². The minimum absolute atomic E-state index is 0.136. The van der Waals surface area contributed by atoms with E-state index < -0.39 is 40.4 Å². The molecule has 1 unspecified atom stereocenters. The highest BCUT2D eigenvalue weighted by molar-refractivity contribution is 7.85. The zero-order chi connectivity index (χ0) is 12.3. The van der Waals surface area contributed by atoms with Gasteiger partial charge in [-0.15, -0.1) is 0 Å². The normalized spacial score (nSPS) is 36.2. The van der Waals surface area contributed by atoms with Crippen LogP contribution in [-0.4, -0.2) is 71.7 Å². The fraction of sp³-hybridized carbons (Fsp3) is 1.00. The molecule has 1 saturated heterocycles. The number of ether oxygens (including phenoxy) is 1. The van der Waals surface area contributed by atoms with Crippen LogP contribution >= 0.6 is 0 Å². The van der Waals surface area contributed by atoms with Gasteiger partial charge in [0.25, 0.3) is 10.1 Å². The fourth-order valence-corrected chi connectivity index (χ4v) is 1.69. The summed E-state index contributed by atoms with van der Waals surface area (Å²) in [4.78, 5) is 0. The summed E-state index contributed by atoms with van der Waals surface area (Å²) in [7, 11) is -4.08. The van der Waals surface area contributed by atoms with Gasteiger partial charge in [0, 0.05) is 6.54 Å². The van der Waals surface area contributed by atoms with Crippen LogP contribution in [0.1, 0.15) is 0 Å². The van der Waals surface area contributed by atoms with Crippen LogP contribution in [0, 0.1) is 0 Å². The van der Waals surface area contributed by atoms with E-state index in [1.807, 2.05) is 0 Å². The molecule has 4 atom stereocenters. The van der Waals surface area contributed by atoms with Gasteiger partial charge in [-0.25, -0.2) is 0 Å². The van der Waals surface area contributed by atoms with Gasteiger partial charge in [-0.1, -0.05) is 0 Å². The Morgan fingerprint density at radius 3 is 2.44 bits per heavy atom. The first-order chi connectivity index (χ1) is 7.31. The molecule has 96 valence electrons. The molecule has 8 nitrogen and oxygen atoms in total. The van der Waals surface area contributed by atoms with Crippen molar-refractivity contribution in [1.82, 2.24) is 5.32 Å². The molecule has 0 aromatic rings. The second-order valence-corrected chi connectivity index (χ2v) is 5.11. The van der Waals surface area contributed by atoms with Gasteiger partial charge >= 0.3 is 0 Å². The minimum atomic E-state index is -4.08. The average molecular weight is 257 g/mol. The van der Waals surface area contributed by atoms with Crippen molar-refractivity contribution >= 4 is 10.1 Å². The molecular formula is C7H15NO7S. The van der Waals surface area contributed by atoms with E-state index in [1.165, 1.54) is 0 Å². The number of hydrogen-bond acceptors (Lipinski definition) is 7. The second kappa shape index (κ2) is 5.36. The van der Waals surface area contributed by atoms with E-state index in [-0.39, 0.29) is 13.2 Å². The maximum Gasteiger partial charge on any atom is 0.266 e. The highest BCUT2D eigenvalue weighted by atomic mass is 32.2. The van der Waals surface area contributed by atoms with Crippen LogP contribution < -0.4 is 5.32 Å². The molecule has 0 amide bonds. The van der Waals surface area contributed by atoms with Crippen molar-refractivity contribution in [3.8, 4) is 0 Å². The Bertz CT molecular complexity index is 319. The fourth-order valence-electron chi connectivity index (χ4n) is 1.32. The van der Waals surface area contributed by atoms with E-state index in [0.717, 1.165) is 0 Å². The van der Waals surface area contributed by atoms with E-state index in [2.05, 4.69) is 5.32 Å². The number of rotatable bonds is 4. The number of nitrogens with one attached hydrogen (secondary N) is 1. The predicted octanol–water partition coefficient (Wildman–Crippen LogP) is -3.10. The van der Waals surface area contributed by atoms with Crippen molar-refractivity contribution in [2.24, 2.45) is 0 Å². The Labute approximate surface area is 92.6 Å². The van der Waals surface area contributed by atoms with Gasteiger partial charge in [-0.3, -0.25) is 9.87 Å². The molecule has 0 bridgehead atoms. The maximum absolute atomic E-state index is 10.4. The molecule has 1 aliphatic rings. The highest BCUT2D eigenvalue weighted by Crippen LogP contribution is 2.13. The average Bonchev–Trinajstić information content (AvgIpc) is 2.16. The standard InChI is InChI=1S/C7H15NO7S/c9-4-3-15-7(6(11)5(4)10)8-1-2-16(12,13)14/h4-11H,1-3H2,(H,12,13,14)/t4-,5-,6-,7?/m1/s1. The minimum Gasteiger partial charge on any atom is -0.388 e. The van der Waals surface area contributed by atoms with Crippen LogP contribution in [0.25, 0.3) is 0 Å². The van der Waals surface area contributed by atoms with E-state index in [4.69, 9.17) is 14.4 Å². The third-order valence-corrected chi connectivity index (χ3v) is 2.93. The Balaban J connectivity index is 2.38. The summed E-state index contributed by atoms with van der Waals surface area (Å²) in [5.74, 6) is -0.530. The summed E-state index contributed by atoms with van der Waals surface area (Å²) in [5.41, 5.74) is 0. The Morgan fingerprint density at radius 2 is 1.88 bits per heavy atom. The van der Waals surface area contributed by atoms with Gasteiger partial charge in [0.2, 0.25) is 0 Å². The van der Waals surface area contributed by atoms with Crippen molar-refractivity contribution in [3.63, 3.8) is 0 Å². The summed E-state index contributed by atoms with van der Waals surface area (Å²) in [5, 5.41) is 30.3. The number of aliphatic hydroxyl groups excluding tert-OH is 3. The molecular weight excluding hydrogens is 242 g/mol. The Kier molecular flexibility index (Phi) is 4.62. The monoisotopic (exact) mass is 257 g/mol. The second-order valence-electron chi connectivity index (χ2n) is 3.54. The van der Waals surface area contributed by atoms with E-state index in [1.54, 1.807) is 0 Å². The van der Waals surface area contributed by atoms with Gasteiger partial charge in [0.05, 0.1) is 12.4 Å². The lowest BCUT2D eigenvalue weighted by molar-refractivity contribution is -0.194. The van der Waals surface area contributed by atoms with Gasteiger partial charge < -0.3 is 20.1 Å². The van der Waals surface area contributed by atoms with Crippen molar-refractivity contribution in [3.05, 3.63) is 0 Å². The third-order valence-electron chi connectivity index (χ3n) is 2.21. The topological polar surface area (TPSA) is 136 Å². The SMILES string of the molecule is O=S(=O)(O)CCNC1OC[C@@H](O)[C@@H](O)[C@H]1O. The molecule has 0 aliphatic carbocycles. The number of hydrogen-bond donors (Lipinski definition) is 5. The largest absolute Gasteiger partial charge is 0.388 e. The quantitative estimate of drug-likeness (QED) is 0.334. The Hall–Kier alpha value is -0.290. The predicted molar refractivity (Wildman–Crippen MR) is 52.2 cm³/mol. The molecule has 9 heteroatoms. The first-order valence-electron chi connectivity index (χ1n) is 4.65. The summed E-state index contributed by atoms with van der Waals surface area (Å²) in [6.45, 7) is -0.300. The van der Waals surface area contributed by atoms with E-state index >= 15 is 0 Å². The molecule has 1 fully saturated rings. The molecule has 5 N–H and O–H groups in total. The summed E-state index contributed by atoms with van der Waals surface area (Å²) in [6, 6.07) is 0. The van der Waals surface area contributed by atoms with Crippen LogP contribution in [0.5, 0.6) is 0 Å². The molecule has 1 heterocycles. The lowest BCUT2D eigenvalue weighted by atomic mass is 10.0. The maximum atomic E-state index is 10.4. The summed E-state index contributed by atoms with van der Waals surface area (Å²) >= 11 is 0. The van der Waals surface area contributed by atoms with Crippen molar-refractivity contribution < 1.29 is 33.0 Å². The zero-order valence-electron chi connectivity index (χ0n) is 8.35. The highest BCUT2D eigenvalue weighted by Gasteiger charge is 2.37. The summed E-state index contributed by atoms with van der Waals surface area (Å²) < 4.78 is 34.2. The van der Waals surface area contributed by atoms with Gasteiger partial charge in [0.15, 0.2) is 0 Å². The molecule has 1 rings (SSSR count). The van der Waals surface area contributed by atoms with Crippen molar-refractivity contribution in [2.45, 2.75) is 24.5 Å². The summed E-state index contributed by atoms with van der Waals surface area (Å²) in [6.07, 6.45) is -4.85. The third kappa shape index (κ3) is 3.94. The van der Waals surface area contributed by atoms with Crippen molar-refractivity contribution in [2.75, 3.05) is 18.9 Å². The van der Waals surface area contributed by atoms with Crippen LogP contribution in [0.2, 0.25) is 0 Å². The van der Waals surface area contributed by atoms with Crippen LogP contribution in [0.4, 0.5) is 0 Å². The van der Waals surface area contributed by atoms with Crippen LogP contribution in [0.3, 0.4) is 0 Å². The molecule has 0 radical (unpaired) electrons. The molecule has 0 saturated carbocycles. The van der Waals surface area contributed by atoms with Crippen LogP contribution in [0.15, 0.2) is 0 Å². The zero-order valence-corrected chi connectivity index (χ0v) is 9.17. The first-order valence-corrected chi connectivity index (χ1v) is 6.26. The van der Waals surface area contributed by atoms with Crippen LogP contribution in [-0.2, 0) is 14.9 Å². The van der Waals surface area contributed by atoms with E-state index in [0.29, 0.717) is 0 Å². The molecule has 0 aromatic carbocycles. The van der Waals surface area contributed by atoms with E-state index in [9.17, 15) is 18.6 Å².